The molecule has 1 fully saturated rings. The number of carboxylic acid groups (broad SMARTS) is 1. The molecular formula is C13H16N6O3. The van der Waals surface area contributed by atoms with Gasteiger partial charge in [0, 0.05) is 6.54 Å². The number of hydrogen-bond acceptors (Lipinski definition) is 6. The summed E-state index contributed by atoms with van der Waals surface area (Å²) in [5, 5.41) is 9.24. The van der Waals surface area contributed by atoms with Gasteiger partial charge >= 0.3 is 5.97 Å². The van der Waals surface area contributed by atoms with Gasteiger partial charge in [0.15, 0.2) is 11.5 Å². The highest BCUT2D eigenvalue weighted by Crippen LogP contribution is 2.19. The maximum absolute atomic E-state index is 12.4. The summed E-state index contributed by atoms with van der Waals surface area (Å²) in [5.74, 6) is -0.976. The molecule has 2 aromatic heterocycles. The molecule has 1 aliphatic rings. The third-order valence-electron chi connectivity index (χ3n) is 3.84. The van der Waals surface area contributed by atoms with E-state index >= 15 is 0 Å². The predicted molar refractivity (Wildman–Crippen MR) is 76.7 cm³/mol. The summed E-state index contributed by atoms with van der Waals surface area (Å²) < 4.78 is 1.56. The second-order valence-corrected chi connectivity index (χ2v) is 5.24. The number of anilines is 1. The Morgan fingerprint density at radius 3 is 2.91 bits per heavy atom. The normalized spacial score (nSPS) is 18.5. The van der Waals surface area contributed by atoms with Crippen molar-refractivity contribution in [1.29, 1.82) is 0 Å². The van der Waals surface area contributed by atoms with Gasteiger partial charge < -0.3 is 20.3 Å². The highest BCUT2D eigenvalue weighted by molar-refractivity contribution is 5.86. The van der Waals surface area contributed by atoms with Crippen molar-refractivity contribution in [1.82, 2.24) is 24.4 Å². The number of carbonyl (C=O) groups excluding carboxylic acids is 1. The number of nitrogens with two attached hydrogens (primary N) is 1. The number of nitrogens with zero attached hydrogens (tertiary/aromatic N) is 5. The molecular weight excluding hydrogens is 288 g/mol. The van der Waals surface area contributed by atoms with Crippen LogP contribution in [0.25, 0.3) is 11.2 Å². The lowest BCUT2D eigenvalue weighted by Crippen LogP contribution is -2.49. The maximum atomic E-state index is 12.4. The topological polar surface area (TPSA) is 127 Å². The average molecular weight is 304 g/mol. The Kier molecular flexibility index (Phi) is 3.61. The van der Waals surface area contributed by atoms with Crippen molar-refractivity contribution in [3.05, 3.63) is 12.7 Å². The number of imidazole rings is 1. The van der Waals surface area contributed by atoms with Crippen LogP contribution in [0.4, 0.5) is 5.82 Å². The monoisotopic (exact) mass is 304 g/mol. The van der Waals surface area contributed by atoms with Gasteiger partial charge in [0.25, 0.3) is 0 Å². The number of rotatable bonds is 3. The van der Waals surface area contributed by atoms with Gasteiger partial charge in [-0.3, -0.25) is 4.79 Å². The zero-order chi connectivity index (χ0) is 15.7. The van der Waals surface area contributed by atoms with Crippen molar-refractivity contribution in [3.8, 4) is 0 Å². The van der Waals surface area contributed by atoms with Crippen LogP contribution in [0, 0.1) is 0 Å². The number of aliphatic carboxylic acids is 1. The lowest BCUT2D eigenvalue weighted by molar-refractivity contribution is -0.152. The van der Waals surface area contributed by atoms with E-state index in [1.165, 1.54) is 17.6 Å². The molecule has 116 valence electrons. The summed E-state index contributed by atoms with van der Waals surface area (Å²) >= 11 is 0. The first-order chi connectivity index (χ1) is 10.6. The molecule has 3 N–H and O–H groups in total. The molecule has 0 aromatic carbocycles. The summed E-state index contributed by atoms with van der Waals surface area (Å²) in [5.41, 5.74) is 6.60. The van der Waals surface area contributed by atoms with Gasteiger partial charge in [-0.25, -0.2) is 19.7 Å². The Bertz CT molecular complexity index is 728. The van der Waals surface area contributed by atoms with Crippen LogP contribution in [0.3, 0.4) is 0 Å². The van der Waals surface area contributed by atoms with Crippen molar-refractivity contribution >= 4 is 28.9 Å². The zero-order valence-electron chi connectivity index (χ0n) is 11.8. The Morgan fingerprint density at radius 2 is 2.14 bits per heavy atom. The summed E-state index contributed by atoms with van der Waals surface area (Å²) in [4.78, 5) is 37.2. The predicted octanol–water partition coefficient (Wildman–Crippen LogP) is -0.126. The number of likely N-dealkylation sites (tertiary alicyclic amines) is 1. The lowest BCUT2D eigenvalue weighted by Gasteiger charge is -2.33. The summed E-state index contributed by atoms with van der Waals surface area (Å²) in [7, 11) is 0. The minimum absolute atomic E-state index is 0.0171. The minimum Gasteiger partial charge on any atom is -0.480 e. The molecule has 0 aliphatic carbocycles. The molecule has 9 heteroatoms. The molecule has 2 aromatic rings. The fourth-order valence-corrected chi connectivity index (χ4v) is 2.74. The minimum atomic E-state index is -0.963. The standard InChI is InChI=1S/C13H16N6O3/c14-11-10-12(16-6-15-11)18(7-17-10)5-9(20)19-4-2-1-3-8(19)13(21)22/h6-8H,1-5H2,(H,21,22)(H2,14,15,16). The van der Waals surface area contributed by atoms with E-state index in [-0.39, 0.29) is 18.3 Å². The van der Waals surface area contributed by atoms with E-state index < -0.39 is 12.0 Å². The molecule has 0 bridgehead atoms. The Balaban J connectivity index is 1.83. The van der Waals surface area contributed by atoms with Crippen molar-refractivity contribution in [2.75, 3.05) is 12.3 Å². The van der Waals surface area contributed by atoms with E-state index in [9.17, 15) is 14.7 Å². The van der Waals surface area contributed by atoms with Gasteiger partial charge in [-0.1, -0.05) is 0 Å². The first-order valence-electron chi connectivity index (χ1n) is 7.01. The Morgan fingerprint density at radius 1 is 1.32 bits per heavy atom. The highest BCUT2D eigenvalue weighted by Gasteiger charge is 2.32. The van der Waals surface area contributed by atoms with E-state index in [1.54, 1.807) is 4.57 Å². The van der Waals surface area contributed by atoms with Crippen LogP contribution in [0.15, 0.2) is 12.7 Å². The number of hydrogen-bond donors (Lipinski definition) is 2. The van der Waals surface area contributed by atoms with Crippen LogP contribution in [-0.2, 0) is 16.1 Å². The third kappa shape index (κ3) is 2.45. The molecule has 0 radical (unpaired) electrons. The summed E-state index contributed by atoms with van der Waals surface area (Å²) in [6.45, 7) is 0.441. The van der Waals surface area contributed by atoms with E-state index in [2.05, 4.69) is 15.0 Å². The van der Waals surface area contributed by atoms with Crippen LogP contribution >= 0.6 is 0 Å². The van der Waals surface area contributed by atoms with Crippen molar-refractivity contribution in [3.63, 3.8) is 0 Å². The van der Waals surface area contributed by atoms with Gasteiger partial charge in [-0.05, 0) is 19.3 Å². The fourth-order valence-electron chi connectivity index (χ4n) is 2.74. The van der Waals surface area contributed by atoms with E-state index in [0.717, 1.165) is 12.8 Å². The Labute approximate surface area is 125 Å². The smallest absolute Gasteiger partial charge is 0.326 e. The van der Waals surface area contributed by atoms with Crippen LogP contribution in [-0.4, -0.2) is 54.0 Å². The average Bonchev–Trinajstić information content (AvgIpc) is 2.92. The highest BCUT2D eigenvalue weighted by atomic mass is 16.4. The molecule has 1 unspecified atom stereocenters. The molecule has 1 saturated heterocycles. The van der Waals surface area contributed by atoms with Gasteiger partial charge in [0.2, 0.25) is 5.91 Å². The van der Waals surface area contributed by atoms with Crippen molar-refractivity contribution in [2.45, 2.75) is 31.8 Å². The van der Waals surface area contributed by atoms with E-state index in [4.69, 9.17) is 5.73 Å². The van der Waals surface area contributed by atoms with Crippen molar-refractivity contribution in [2.24, 2.45) is 0 Å². The van der Waals surface area contributed by atoms with Gasteiger partial charge in [0.05, 0.1) is 6.33 Å². The largest absolute Gasteiger partial charge is 0.480 e. The molecule has 22 heavy (non-hydrogen) atoms. The summed E-state index contributed by atoms with van der Waals surface area (Å²) in [6, 6.07) is -0.754. The fraction of sp³-hybridized carbons (Fsp3) is 0.462. The van der Waals surface area contributed by atoms with Crippen LogP contribution in [0.2, 0.25) is 0 Å². The Hall–Kier alpha value is -2.71. The number of carboxylic acids is 1. The quantitative estimate of drug-likeness (QED) is 0.808. The number of aromatic nitrogens is 4. The van der Waals surface area contributed by atoms with Gasteiger partial charge in [-0.2, -0.15) is 0 Å². The molecule has 9 nitrogen and oxygen atoms in total. The van der Waals surface area contributed by atoms with Gasteiger partial charge in [-0.15, -0.1) is 0 Å². The molecule has 1 amide bonds. The zero-order valence-corrected chi connectivity index (χ0v) is 11.8. The summed E-state index contributed by atoms with van der Waals surface area (Å²) in [6.07, 6.45) is 4.89. The first-order valence-corrected chi connectivity index (χ1v) is 7.01. The lowest BCUT2D eigenvalue weighted by atomic mass is 10.0. The molecule has 3 heterocycles. The maximum Gasteiger partial charge on any atom is 0.326 e. The van der Waals surface area contributed by atoms with Crippen molar-refractivity contribution < 1.29 is 14.7 Å². The molecule has 1 atom stereocenters. The number of nitrogen functional groups attached to an aromatic ring is 1. The number of piperidine rings is 1. The number of amides is 1. The first kappa shape index (κ1) is 14.2. The molecule has 0 spiro atoms. The van der Waals surface area contributed by atoms with E-state index in [1.807, 2.05) is 0 Å². The van der Waals surface area contributed by atoms with Crippen LogP contribution in [0.5, 0.6) is 0 Å². The second-order valence-electron chi connectivity index (χ2n) is 5.24. The van der Waals surface area contributed by atoms with Gasteiger partial charge in [0.1, 0.15) is 24.4 Å². The molecule has 0 saturated carbocycles. The molecule has 3 rings (SSSR count). The molecule has 1 aliphatic heterocycles. The van der Waals surface area contributed by atoms with Crippen LogP contribution in [0.1, 0.15) is 19.3 Å². The van der Waals surface area contributed by atoms with Crippen LogP contribution < -0.4 is 5.73 Å². The second kappa shape index (κ2) is 5.58. The number of fused-ring (bicyclic) bond motifs is 1. The SMILES string of the molecule is Nc1ncnc2c1ncn2CC(=O)N1CCCCC1C(=O)O. The van der Waals surface area contributed by atoms with E-state index in [0.29, 0.717) is 24.1 Å². The number of carbonyl (C=O) groups is 2. The third-order valence-corrected chi connectivity index (χ3v) is 3.84.